The van der Waals surface area contributed by atoms with Gasteiger partial charge < -0.3 is 15.7 Å². The van der Waals surface area contributed by atoms with Crippen molar-refractivity contribution in [3.05, 3.63) is 58.5 Å². The summed E-state index contributed by atoms with van der Waals surface area (Å²) in [6.45, 7) is 3.57. The molecule has 0 aliphatic heterocycles. The Morgan fingerprint density at radius 3 is 2.80 bits per heavy atom. The topological polar surface area (TPSA) is 87.1 Å². The number of pyridine rings is 1. The van der Waals surface area contributed by atoms with E-state index in [9.17, 15) is 14.3 Å². The van der Waals surface area contributed by atoms with E-state index in [1.165, 1.54) is 18.3 Å². The Labute approximate surface area is 147 Å². The van der Waals surface area contributed by atoms with Gasteiger partial charge in [0, 0.05) is 5.56 Å². The molecule has 0 atom stereocenters. The highest BCUT2D eigenvalue weighted by Crippen LogP contribution is 2.29. The molecule has 1 aromatic carbocycles. The number of aromatic nitrogens is 2. The Hall–Kier alpha value is -3.00. The standard InChI is InChI=1S/C17H15FN4O2S/c1-9-6-7-11(23)10(2)15(9)22-16(24)12-8-19-17(25-12)21-14-5-3-4-13(18)20-14/h3-8,23H,1-2H3,(H,22,24)(H,19,20,21). The van der Waals surface area contributed by atoms with Gasteiger partial charge in [-0.25, -0.2) is 9.97 Å². The molecule has 0 spiro atoms. The fraction of sp³-hybridized carbons (Fsp3) is 0.118. The van der Waals surface area contributed by atoms with Crippen molar-refractivity contribution in [2.24, 2.45) is 0 Å². The second-order valence-electron chi connectivity index (χ2n) is 5.36. The maximum atomic E-state index is 13.1. The van der Waals surface area contributed by atoms with Crippen LogP contribution < -0.4 is 10.6 Å². The molecule has 2 heterocycles. The molecule has 3 rings (SSSR count). The first kappa shape index (κ1) is 16.8. The largest absolute Gasteiger partial charge is 0.508 e. The third kappa shape index (κ3) is 3.74. The first-order valence-electron chi connectivity index (χ1n) is 7.40. The number of carbonyl (C=O) groups excluding carboxylic acids is 1. The van der Waals surface area contributed by atoms with E-state index in [4.69, 9.17) is 0 Å². The Balaban J connectivity index is 1.76. The first-order valence-corrected chi connectivity index (χ1v) is 8.21. The highest BCUT2D eigenvalue weighted by molar-refractivity contribution is 7.17. The number of hydrogen-bond acceptors (Lipinski definition) is 6. The average Bonchev–Trinajstić information content (AvgIpc) is 3.03. The van der Waals surface area contributed by atoms with Gasteiger partial charge in [0.2, 0.25) is 5.95 Å². The van der Waals surface area contributed by atoms with E-state index in [0.29, 0.717) is 27.1 Å². The number of carbonyl (C=O) groups is 1. The number of rotatable bonds is 4. The molecule has 0 radical (unpaired) electrons. The average molecular weight is 358 g/mol. The van der Waals surface area contributed by atoms with Gasteiger partial charge in [0.1, 0.15) is 16.4 Å². The van der Waals surface area contributed by atoms with Crippen LogP contribution in [0.4, 0.5) is 21.0 Å². The van der Waals surface area contributed by atoms with Crippen LogP contribution in [0.3, 0.4) is 0 Å². The summed E-state index contributed by atoms with van der Waals surface area (Å²) in [4.78, 5) is 20.6. The molecule has 2 aromatic heterocycles. The minimum atomic E-state index is -0.602. The van der Waals surface area contributed by atoms with Crippen LogP contribution in [0.15, 0.2) is 36.5 Å². The van der Waals surface area contributed by atoms with Gasteiger partial charge in [0.15, 0.2) is 5.13 Å². The predicted molar refractivity (Wildman–Crippen MR) is 95.1 cm³/mol. The number of phenolic OH excluding ortho intramolecular Hbond substituents is 1. The van der Waals surface area contributed by atoms with Gasteiger partial charge in [-0.3, -0.25) is 4.79 Å². The third-order valence-corrected chi connectivity index (χ3v) is 4.47. The Bertz CT molecular complexity index is 942. The fourth-order valence-electron chi connectivity index (χ4n) is 2.23. The van der Waals surface area contributed by atoms with Crippen LogP contribution in [0.1, 0.15) is 20.8 Å². The number of thiazole rings is 1. The first-order chi connectivity index (χ1) is 11.9. The number of amides is 1. The highest BCUT2D eigenvalue weighted by atomic mass is 32.1. The molecule has 8 heteroatoms. The number of anilines is 3. The Kier molecular flexibility index (Phi) is 4.62. The van der Waals surface area contributed by atoms with Crippen molar-refractivity contribution in [2.45, 2.75) is 13.8 Å². The van der Waals surface area contributed by atoms with Crippen molar-refractivity contribution in [1.29, 1.82) is 0 Å². The lowest BCUT2D eigenvalue weighted by atomic mass is 10.1. The number of nitrogens with zero attached hydrogens (tertiary/aromatic N) is 2. The maximum Gasteiger partial charge on any atom is 0.267 e. The van der Waals surface area contributed by atoms with Crippen LogP contribution in [0.2, 0.25) is 0 Å². The van der Waals surface area contributed by atoms with E-state index in [0.717, 1.165) is 16.9 Å². The molecule has 0 aliphatic carbocycles. The summed E-state index contributed by atoms with van der Waals surface area (Å²) in [5.41, 5.74) is 2.01. The second-order valence-corrected chi connectivity index (χ2v) is 6.39. The molecule has 25 heavy (non-hydrogen) atoms. The molecule has 0 unspecified atom stereocenters. The highest BCUT2D eigenvalue weighted by Gasteiger charge is 2.15. The Morgan fingerprint density at radius 2 is 2.04 bits per heavy atom. The van der Waals surface area contributed by atoms with E-state index < -0.39 is 5.95 Å². The molecule has 6 nitrogen and oxygen atoms in total. The number of halogens is 1. The van der Waals surface area contributed by atoms with Gasteiger partial charge in [-0.05, 0) is 37.6 Å². The SMILES string of the molecule is Cc1ccc(O)c(C)c1NC(=O)c1cnc(Nc2cccc(F)n2)s1. The zero-order chi connectivity index (χ0) is 18.0. The lowest BCUT2D eigenvalue weighted by Crippen LogP contribution is -2.12. The molecule has 0 aliphatic rings. The van der Waals surface area contributed by atoms with Gasteiger partial charge in [-0.15, -0.1) is 0 Å². The quantitative estimate of drug-likeness (QED) is 0.614. The van der Waals surface area contributed by atoms with Gasteiger partial charge in [0.05, 0.1) is 11.9 Å². The number of hydrogen-bond donors (Lipinski definition) is 3. The van der Waals surface area contributed by atoms with Crippen LogP contribution >= 0.6 is 11.3 Å². The number of aryl methyl sites for hydroxylation is 1. The van der Waals surface area contributed by atoms with Crippen LogP contribution in [0, 0.1) is 19.8 Å². The summed E-state index contributed by atoms with van der Waals surface area (Å²) >= 11 is 1.12. The van der Waals surface area contributed by atoms with Crippen molar-refractivity contribution in [1.82, 2.24) is 9.97 Å². The zero-order valence-electron chi connectivity index (χ0n) is 13.5. The second kappa shape index (κ2) is 6.86. The predicted octanol–water partition coefficient (Wildman–Crippen LogP) is 4.00. The molecule has 0 saturated carbocycles. The van der Waals surface area contributed by atoms with Crippen molar-refractivity contribution < 1.29 is 14.3 Å². The Morgan fingerprint density at radius 1 is 1.24 bits per heavy atom. The summed E-state index contributed by atoms with van der Waals surface area (Å²) in [7, 11) is 0. The molecular formula is C17H15FN4O2S. The molecule has 3 N–H and O–H groups in total. The molecular weight excluding hydrogens is 343 g/mol. The van der Waals surface area contributed by atoms with Gasteiger partial charge >= 0.3 is 0 Å². The summed E-state index contributed by atoms with van der Waals surface area (Å²) in [5, 5.41) is 15.9. The number of nitrogens with one attached hydrogen (secondary N) is 2. The van der Waals surface area contributed by atoms with Gasteiger partial charge in [0.25, 0.3) is 5.91 Å². The van der Waals surface area contributed by atoms with Crippen molar-refractivity contribution in [2.75, 3.05) is 10.6 Å². The minimum Gasteiger partial charge on any atom is -0.508 e. The van der Waals surface area contributed by atoms with Crippen LogP contribution in [0.5, 0.6) is 5.75 Å². The third-order valence-electron chi connectivity index (χ3n) is 3.56. The van der Waals surface area contributed by atoms with Gasteiger partial charge in [-0.2, -0.15) is 4.39 Å². The van der Waals surface area contributed by atoms with Crippen molar-refractivity contribution >= 4 is 33.9 Å². The van der Waals surface area contributed by atoms with Crippen LogP contribution in [-0.2, 0) is 0 Å². The lowest BCUT2D eigenvalue weighted by Gasteiger charge is -2.11. The summed E-state index contributed by atoms with van der Waals surface area (Å²) in [6, 6.07) is 7.68. The van der Waals surface area contributed by atoms with Crippen LogP contribution in [-0.4, -0.2) is 21.0 Å². The van der Waals surface area contributed by atoms with E-state index in [-0.39, 0.29) is 11.7 Å². The molecule has 0 saturated heterocycles. The maximum absolute atomic E-state index is 13.1. The monoisotopic (exact) mass is 358 g/mol. The van der Waals surface area contributed by atoms with E-state index in [2.05, 4.69) is 20.6 Å². The zero-order valence-corrected chi connectivity index (χ0v) is 14.3. The van der Waals surface area contributed by atoms with E-state index in [1.54, 1.807) is 25.1 Å². The number of aromatic hydroxyl groups is 1. The molecule has 0 bridgehead atoms. The van der Waals surface area contributed by atoms with Gasteiger partial charge in [-0.1, -0.05) is 23.5 Å². The molecule has 3 aromatic rings. The van der Waals surface area contributed by atoms with Crippen molar-refractivity contribution in [3.63, 3.8) is 0 Å². The molecule has 128 valence electrons. The molecule has 1 amide bonds. The lowest BCUT2D eigenvalue weighted by molar-refractivity contribution is 0.103. The fourth-order valence-corrected chi connectivity index (χ4v) is 2.95. The van der Waals surface area contributed by atoms with E-state index >= 15 is 0 Å². The number of phenols is 1. The normalized spacial score (nSPS) is 10.5. The summed E-state index contributed by atoms with van der Waals surface area (Å²) in [6.07, 6.45) is 1.43. The molecule has 0 fully saturated rings. The summed E-state index contributed by atoms with van der Waals surface area (Å²) in [5.74, 6) is -0.519. The number of benzene rings is 1. The van der Waals surface area contributed by atoms with Crippen molar-refractivity contribution in [3.8, 4) is 5.75 Å². The van der Waals surface area contributed by atoms with E-state index in [1.807, 2.05) is 6.92 Å². The summed E-state index contributed by atoms with van der Waals surface area (Å²) < 4.78 is 13.1. The van der Waals surface area contributed by atoms with Crippen LogP contribution in [0.25, 0.3) is 0 Å². The smallest absolute Gasteiger partial charge is 0.267 e. The minimum absolute atomic E-state index is 0.115.